The average molecular weight is 294 g/mol. The maximum Gasteiger partial charge on any atom is 0.338 e. The van der Waals surface area contributed by atoms with E-state index in [0.29, 0.717) is 12.8 Å². The van der Waals surface area contributed by atoms with E-state index in [4.69, 9.17) is 10.5 Å². The lowest BCUT2D eigenvalue weighted by Gasteiger charge is -2.40. The van der Waals surface area contributed by atoms with Crippen molar-refractivity contribution in [1.82, 2.24) is 0 Å². The molecule has 6 nitrogen and oxygen atoms in total. The van der Waals surface area contributed by atoms with Crippen molar-refractivity contribution < 1.29 is 19.4 Å². The molecular weight excluding hydrogens is 272 g/mol. The van der Waals surface area contributed by atoms with E-state index in [1.807, 2.05) is 6.07 Å². The Hall–Kier alpha value is -2.03. The number of nitrogens with two attached hydrogens (primary N) is 1. The van der Waals surface area contributed by atoms with Crippen molar-refractivity contribution in [3.05, 3.63) is 11.3 Å². The van der Waals surface area contributed by atoms with Crippen molar-refractivity contribution in [2.24, 2.45) is 17.1 Å². The van der Waals surface area contributed by atoms with Crippen LogP contribution in [0.2, 0.25) is 0 Å². The van der Waals surface area contributed by atoms with Crippen LogP contribution in [0.3, 0.4) is 0 Å². The van der Waals surface area contributed by atoms with Crippen LogP contribution in [-0.2, 0) is 14.3 Å². The number of rotatable bonds is 5. The van der Waals surface area contributed by atoms with Crippen LogP contribution in [0, 0.1) is 22.7 Å². The van der Waals surface area contributed by atoms with Gasteiger partial charge in [-0.2, -0.15) is 5.26 Å². The third-order valence-electron chi connectivity index (χ3n) is 4.05. The minimum absolute atomic E-state index is 0.0226. The molecule has 1 atom stereocenters. The first kappa shape index (κ1) is 17.0. The van der Waals surface area contributed by atoms with Crippen molar-refractivity contribution in [2.45, 2.75) is 46.0 Å². The fraction of sp³-hybridized carbons (Fsp3) is 0.667. The molecule has 1 aliphatic carbocycles. The van der Waals surface area contributed by atoms with Crippen LogP contribution < -0.4 is 5.73 Å². The van der Waals surface area contributed by atoms with Gasteiger partial charge in [0.2, 0.25) is 5.91 Å². The number of allylic oxidation sites excluding steroid dienone is 1. The van der Waals surface area contributed by atoms with E-state index in [9.17, 15) is 20.0 Å². The Balaban J connectivity index is 3.41. The monoisotopic (exact) mass is 294 g/mol. The maximum absolute atomic E-state index is 12.2. The SMILES string of the molecule is CCOC(=O)/C(=C(/C)O)C1([C@H](C#N)C(N)=O)CCCCC1. The first-order valence-corrected chi connectivity index (χ1v) is 7.17. The third kappa shape index (κ3) is 3.35. The van der Waals surface area contributed by atoms with Gasteiger partial charge in [-0.05, 0) is 26.7 Å². The predicted molar refractivity (Wildman–Crippen MR) is 75.8 cm³/mol. The first-order valence-electron chi connectivity index (χ1n) is 7.17. The number of primary amides is 1. The molecule has 1 rings (SSSR count). The van der Waals surface area contributed by atoms with Crippen LogP contribution in [0.15, 0.2) is 11.3 Å². The number of carbonyl (C=O) groups excluding carboxylic acids is 2. The van der Waals surface area contributed by atoms with Crippen molar-refractivity contribution >= 4 is 11.9 Å². The van der Waals surface area contributed by atoms with Gasteiger partial charge in [0.05, 0.1) is 18.2 Å². The minimum atomic E-state index is -1.15. The van der Waals surface area contributed by atoms with Gasteiger partial charge in [-0.15, -0.1) is 0 Å². The van der Waals surface area contributed by atoms with Gasteiger partial charge in [-0.1, -0.05) is 19.3 Å². The molecule has 1 aliphatic rings. The molecular formula is C15H22N2O4. The van der Waals surface area contributed by atoms with Crippen molar-refractivity contribution in [1.29, 1.82) is 5.26 Å². The molecule has 116 valence electrons. The van der Waals surface area contributed by atoms with E-state index in [2.05, 4.69) is 0 Å². The van der Waals surface area contributed by atoms with Crippen molar-refractivity contribution in [3.63, 3.8) is 0 Å². The Bertz CT molecular complexity index is 480. The molecule has 0 radical (unpaired) electrons. The normalized spacial score (nSPS) is 19.9. The summed E-state index contributed by atoms with van der Waals surface area (Å²) >= 11 is 0. The highest BCUT2D eigenvalue weighted by Gasteiger charge is 2.50. The molecule has 0 aromatic carbocycles. The van der Waals surface area contributed by atoms with Crippen LogP contribution in [0.25, 0.3) is 0 Å². The van der Waals surface area contributed by atoms with E-state index in [1.165, 1.54) is 6.92 Å². The van der Waals surface area contributed by atoms with Gasteiger partial charge >= 0.3 is 5.97 Å². The molecule has 0 bridgehead atoms. The van der Waals surface area contributed by atoms with Crippen LogP contribution in [0.5, 0.6) is 0 Å². The summed E-state index contributed by atoms with van der Waals surface area (Å²) < 4.78 is 5.00. The van der Waals surface area contributed by atoms with E-state index < -0.39 is 23.2 Å². The second-order valence-corrected chi connectivity index (χ2v) is 5.36. The molecule has 0 aromatic heterocycles. The second-order valence-electron chi connectivity index (χ2n) is 5.36. The lowest BCUT2D eigenvalue weighted by Crippen LogP contribution is -2.44. The largest absolute Gasteiger partial charge is 0.512 e. The summed E-state index contributed by atoms with van der Waals surface area (Å²) in [4.78, 5) is 23.9. The van der Waals surface area contributed by atoms with Crippen LogP contribution in [0.1, 0.15) is 46.0 Å². The third-order valence-corrected chi connectivity index (χ3v) is 4.05. The van der Waals surface area contributed by atoms with Crippen LogP contribution >= 0.6 is 0 Å². The number of carbonyl (C=O) groups is 2. The molecule has 6 heteroatoms. The van der Waals surface area contributed by atoms with Gasteiger partial charge in [0, 0.05) is 5.41 Å². The van der Waals surface area contributed by atoms with E-state index in [1.54, 1.807) is 6.92 Å². The Kier molecular flexibility index (Phi) is 5.77. The molecule has 21 heavy (non-hydrogen) atoms. The summed E-state index contributed by atoms with van der Waals surface area (Å²) in [5.74, 6) is -2.82. The van der Waals surface area contributed by atoms with Crippen molar-refractivity contribution in [3.8, 4) is 6.07 Å². The molecule has 1 amide bonds. The number of nitrogens with zero attached hydrogens (tertiary/aromatic N) is 1. The molecule has 0 heterocycles. The fourth-order valence-corrected chi connectivity index (χ4v) is 3.24. The highest BCUT2D eigenvalue weighted by Crippen LogP contribution is 2.49. The molecule has 0 unspecified atom stereocenters. The molecule has 1 fully saturated rings. The zero-order chi connectivity index (χ0) is 16.0. The molecule has 1 saturated carbocycles. The van der Waals surface area contributed by atoms with Gasteiger partial charge in [0.1, 0.15) is 11.7 Å². The van der Waals surface area contributed by atoms with Gasteiger partial charge in [0.25, 0.3) is 0 Å². The van der Waals surface area contributed by atoms with E-state index in [0.717, 1.165) is 19.3 Å². The zero-order valence-corrected chi connectivity index (χ0v) is 12.5. The number of ether oxygens (including phenoxy) is 1. The van der Waals surface area contributed by atoms with Crippen LogP contribution in [0.4, 0.5) is 0 Å². The van der Waals surface area contributed by atoms with Gasteiger partial charge in [-0.3, -0.25) is 4.79 Å². The Morgan fingerprint density at radius 3 is 2.33 bits per heavy atom. The van der Waals surface area contributed by atoms with E-state index in [-0.39, 0.29) is 17.9 Å². The average Bonchev–Trinajstić information content (AvgIpc) is 2.39. The predicted octanol–water partition coefficient (Wildman–Crippen LogP) is 1.96. The molecule has 0 aliphatic heterocycles. The standard InChI is InChI=1S/C15H22N2O4/c1-3-21-14(20)12(10(2)18)15(7-5-4-6-8-15)11(9-16)13(17)19/h11,18H,3-8H2,1-2H3,(H2,17,19)/b12-10+/t11-/m1/s1. The number of amides is 1. The lowest BCUT2D eigenvalue weighted by atomic mass is 9.61. The number of hydrogen-bond acceptors (Lipinski definition) is 5. The molecule has 0 spiro atoms. The Labute approximate surface area is 124 Å². The number of esters is 1. The van der Waals surface area contributed by atoms with E-state index >= 15 is 0 Å². The summed E-state index contributed by atoms with van der Waals surface area (Å²) in [6, 6.07) is 1.92. The first-order chi connectivity index (χ1) is 9.90. The highest BCUT2D eigenvalue weighted by atomic mass is 16.5. The smallest absolute Gasteiger partial charge is 0.338 e. The minimum Gasteiger partial charge on any atom is -0.512 e. The second kappa shape index (κ2) is 7.11. The summed E-state index contributed by atoms with van der Waals surface area (Å²) in [5, 5.41) is 19.3. The fourth-order valence-electron chi connectivity index (χ4n) is 3.24. The summed E-state index contributed by atoms with van der Waals surface area (Å²) in [5.41, 5.74) is 4.33. The summed E-state index contributed by atoms with van der Waals surface area (Å²) in [7, 11) is 0. The Morgan fingerprint density at radius 2 is 1.95 bits per heavy atom. The number of nitriles is 1. The van der Waals surface area contributed by atoms with Gasteiger partial charge < -0.3 is 15.6 Å². The lowest BCUT2D eigenvalue weighted by molar-refractivity contribution is -0.141. The number of hydrogen-bond donors (Lipinski definition) is 2. The Morgan fingerprint density at radius 1 is 1.38 bits per heavy atom. The molecule has 0 aromatic rings. The zero-order valence-electron chi connectivity index (χ0n) is 12.5. The van der Waals surface area contributed by atoms with Gasteiger partial charge in [-0.25, -0.2) is 4.79 Å². The maximum atomic E-state index is 12.2. The van der Waals surface area contributed by atoms with Crippen LogP contribution in [-0.4, -0.2) is 23.6 Å². The molecule has 3 N–H and O–H groups in total. The molecule has 0 saturated heterocycles. The number of aliphatic hydroxyl groups is 1. The van der Waals surface area contributed by atoms with Gasteiger partial charge in [0.15, 0.2) is 0 Å². The summed E-state index contributed by atoms with van der Waals surface area (Å²) in [6.07, 6.45) is 3.41. The topological polar surface area (TPSA) is 113 Å². The quantitative estimate of drug-likeness (QED) is 0.457. The number of aliphatic hydroxyl groups excluding tert-OH is 1. The highest BCUT2D eigenvalue weighted by molar-refractivity contribution is 5.93. The van der Waals surface area contributed by atoms with Crippen molar-refractivity contribution in [2.75, 3.05) is 6.61 Å². The summed E-state index contributed by atoms with van der Waals surface area (Å²) in [6.45, 7) is 3.18.